The third-order valence-corrected chi connectivity index (χ3v) is 2.94. The fourth-order valence-corrected chi connectivity index (χ4v) is 1.71. The molecule has 0 aliphatic heterocycles. The van der Waals surface area contributed by atoms with Crippen LogP contribution in [0.3, 0.4) is 0 Å². The van der Waals surface area contributed by atoms with E-state index in [0.717, 1.165) is 5.56 Å². The van der Waals surface area contributed by atoms with E-state index in [1.165, 1.54) is 48.5 Å². The van der Waals surface area contributed by atoms with Crippen LogP contribution in [0.4, 0.5) is 8.78 Å². The number of carbonyl (C=O) groups excluding carboxylic acids is 2. The maximum Gasteiger partial charge on any atom is 0.344 e. The zero-order valence-corrected chi connectivity index (χ0v) is 12.6. The number of carbonyl (C=O) groups is 2. The third-order valence-electron chi connectivity index (χ3n) is 2.94. The van der Waals surface area contributed by atoms with Gasteiger partial charge in [-0.1, -0.05) is 12.1 Å². The molecule has 0 saturated carbocycles. The van der Waals surface area contributed by atoms with Crippen molar-refractivity contribution in [2.75, 3.05) is 13.2 Å². The van der Waals surface area contributed by atoms with Gasteiger partial charge in [-0.2, -0.15) is 0 Å². The highest BCUT2D eigenvalue weighted by molar-refractivity contribution is 5.80. The van der Waals surface area contributed by atoms with Crippen LogP contribution in [-0.4, -0.2) is 25.1 Å². The van der Waals surface area contributed by atoms with Gasteiger partial charge in [0.15, 0.2) is 13.2 Å². The maximum atomic E-state index is 12.7. The number of nitrogens with one attached hydrogen (secondary N) is 1. The molecule has 2 aromatic rings. The zero-order valence-electron chi connectivity index (χ0n) is 12.6. The van der Waals surface area contributed by atoms with Gasteiger partial charge in [-0.25, -0.2) is 13.6 Å². The van der Waals surface area contributed by atoms with Gasteiger partial charge in [0.05, 0.1) is 0 Å². The number of amides is 1. The molecule has 0 radical (unpaired) electrons. The van der Waals surface area contributed by atoms with Gasteiger partial charge in [-0.05, 0) is 42.0 Å². The van der Waals surface area contributed by atoms with Gasteiger partial charge in [0.1, 0.15) is 17.4 Å². The highest BCUT2D eigenvalue weighted by Crippen LogP contribution is 2.10. The van der Waals surface area contributed by atoms with Crippen LogP contribution >= 0.6 is 0 Å². The predicted octanol–water partition coefficient (Wildman–Crippen LogP) is 2.20. The Morgan fingerprint density at radius 1 is 0.875 bits per heavy atom. The molecule has 2 rings (SSSR count). The van der Waals surface area contributed by atoms with E-state index >= 15 is 0 Å². The fourth-order valence-electron chi connectivity index (χ4n) is 1.71. The van der Waals surface area contributed by atoms with Gasteiger partial charge in [0.25, 0.3) is 5.91 Å². The highest BCUT2D eigenvalue weighted by Gasteiger charge is 2.08. The summed E-state index contributed by atoms with van der Waals surface area (Å²) in [4.78, 5) is 23.0. The van der Waals surface area contributed by atoms with Crippen molar-refractivity contribution in [3.63, 3.8) is 0 Å². The van der Waals surface area contributed by atoms with Crippen LogP contribution in [-0.2, 0) is 20.9 Å². The lowest BCUT2D eigenvalue weighted by molar-refractivity contribution is -0.150. The second-order valence-corrected chi connectivity index (χ2v) is 4.81. The number of hydrogen-bond acceptors (Lipinski definition) is 4. The lowest BCUT2D eigenvalue weighted by Crippen LogP contribution is -2.29. The molecule has 24 heavy (non-hydrogen) atoms. The Bertz CT molecular complexity index is 625. The topological polar surface area (TPSA) is 64.6 Å². The van der Waals surface area contributed by atoms with E-state index < -0.39 is 30.9 Å². The van der Waals surface area contributed by atoms with Gasteiger partial charge in [-0.3, -0.25) is 4.79 Å². The molecule has 0 atom stereocenters. The van der Waals surface area contributed by atoms with Crippen molar-refractivity contribution in [2.45, 2.75) is 6.54 Å². The van der Waals surface area contributed by atoms with E-state index in [9.17, 15) is 18.4 Å². The Kier molecular flexibility index (Phi) is 6.24. The number of rotatable bonds is 7. The largest absolute Gasteiger partial charge is 0.482 e. The average Bonchev–Trinajstić information content (AvgIpc) is 2.59. The van der Waals surface area contributed by atoms with Crippen LogP contribution in [0.25, 0.3) is 0 Å². The van der Waals surface area contributed by atoms with Crippen molar-refractivity contribution in [1.29, 1.82) is 0 Å². The summed E-state index contributed by atoms with van der Waals surface area (Å²) in [6.07, 6.45) is 0. The summed E-state index contributed by atoms with van der Waals surface area (Å²) >= 11 is 0. The Labute approximate surface area is 137 Å². The van der Waals surface area contributed by atoms with Gasteiger partial charge in [-0.15, -0.1) is 0 Å². The number of ether oxygens (including phenoxy) is 2. The van der Waals surface area contributed by atoms with Crippen LogP contribution in [0, 0.1) is 11.6 Å². The normalized spacial score (nSPS) is 10.1. The van der Waals surface area contributed by atoms with Crippen molar-refractivity contribution in [1.82, 2.24) is 5.32 Å². The molecule has 0 spiro atoms. The second kappa shape index (κ2) is 8.61. The van der Waals surface area contributed by atoms with Crippen molar-refractivity contribution in [3.05, 3.63) is 65.7 Å². The second-order valence-electron chi connectivity index (χ2n) is 4.81. The van der Waals surface area contributed by atoms with E-state index in [-0.39, 0.29) is 12.4 Å². The summed E-state index contributed by atoms with van der Waals surface area (Å²) in [5.74, 6) is -1.68. The Morgan fingerprint density at radius 2 is 1.46 bits per heavy atom. The molecule has 0 aliphatic rings. The maximum absolute atomic E-state index is 12.7. The standard InChI is InChI=1S/C17H15F2NO4/c18-13-3-1-12(2-4-13)9-20-16(21)10-24-17(22)11-23-15-7-5-14(19)6-8-15/h1-8H,9-11H2,(H,20,21). The first-order valence-electron chi connectivity index (χ1n) is 7.08. The van der Waals surface area contributed by atoms with E-state index in [1.54, 1.807) is 0 Å². The SMILES string of the molecule is O=C(COC(=O)COc1ccc(F)cc1)NCc1ccc(F)cc1. The predicted molar refractivity (Wildman–Crippen MR) is 81.1 cm³/mol. The molecule has 0 unspecified atom stereocenters. The lowest BCUT2D eigenvalue weighted by Gasteiger charge is -2.08. The van der Waals surface area contributed by atoms with Crippen molar-refractivity contribution < 1.29 is 27.8 Å². The molecule has 0 heterocycles. The summed E-state index contributed by atoms with van der Waals surface area (Å²) in [5, 5.41) is 2.53. The average molecular weight is 335 g/mol. The van der Waals surface area contributed by atoms with E-state index in [1.807, 2.05) is 0 Å². The first-order chi connectivity index (χ1) is 11.5. The molecule has 2 aromatic carbocycles. The van der Waals surface area contributed by atoms with Crippen molar-refractivity contribution >= 4 is 11.9 Å². The smallest absolute Gasteiger partial charge is 0.344 e. The van der Waals surface area contributed by atoms with Gasteiger partial charge < -0.3 is 14.8 Å². The van der Waals surface area contributed by atoms with Crippen LogP contribution in [0.1, 0.15) is 5.56 Å². The Hall–Kier alpha value is -2.96. The van der Waals surface area contributed by atoms with E-state index in [0.29, 0.717) is 5.75 Å². The summed E-state index contributed by atoms with van der Waals surface area (Å²) in [6.45, 7) is -0.646. The molecule has 5 nitrogen and oxygen atoms in total. The van der Waals surface area contributed by atoms with E-state index in [2.05, 4.69) is 5.32 Å². The molecule has 0 saturated heterocycles. The van der Waals surface area contributed by atoms with Crippen LogP contribution < -0.4 is 10.1 Å². The highest BCUT2D eigenvalue weighted by atomic mass is 19.1. The quantitative estimate of drug-likeness (QED) is 0.788. The van der Waals surface area contributed by atoms with Gasteiger partial charge in [0.2, 0.25) is 0 Å². The molecule has 0 fully saturated rings. The van der Waals surface area contributed by atoms with Crippen LogP contribution in [0.5, 0.6) is 5.75 Å². The fraction of sp³-hybridized carbons (Fsp3) is 0.176. The number of halogens is 2. The van der Waals surface area contributed by atoms with Crippen molar-refractivity contribution in [2.24, 2.45) is 0 Å². The number of benzene rings is 2. The lowest BCUT2D eigenvalue weighted by atomic mass is 10.2. The molecule has 1 amide bonds. The molecule has 0 bridgehead atoms. The monoisotopic (exact) mass is 335 g/mol. The summed E-state index contributed by atoms with van der Waals surface area (Å²) in [7, 11) is 0. The molecule has 0 aromatic heterocycles. The third kappa shape index (κ3) is 6.04. The molecule has 0 aliphatic carbocycles. The Balaban J connectivity index is 1.64. The van der Waals surface area contributed by atoms with Gasteiger partial charge >= 0.3 is 5.97 Å². The van der Waals surface area contributed by atoms with Crippen LogP contribution in [0.2, 0.25) is 0 Å². The minimum Gasteiger partial charge on any atom is -0.482 e. The van der Waals surface area contributed by atoms with E-state index in [4.69, 9.17) is 9.47 Å². The molecule has 1 N–H and O–H groups in total. The summed E-state index contributed by atoms with van der Waals surface area (Å²) < 4.78 is 35.3. The minimum absolute atomic E-state index is 0.197. The first kappa shape index (κ1) is 17.4. The van der Waals surface area contributed by atoms with Crippen molar-refractivity contribution in [3.8, 4) is 5.75 Å². The summed E-state index contributed by atoms with van der Waals surface area (Å²) in [6, 6.07) is 10.8. The Morgan fingerprint density at radius 3 is 2.08 bits per heavy atom. The zero-order chi connectivity index (χ0) is 17.4. The summed E-state index contributed by atoms with van der Waals surface area (Å²) in [5.41, 5.74) is 0.718. The van der Waals surface area contributed by atoms with Crippen LogP contribution in [0.15, 0.2) is 48.5 Å². The van der Waals surface area contributed by atoms with Gasteiger partial charge in [0, 0.05) is 6.54 Å². The minimum atomic E-state index is -0.726. The number of esters is 1. The molecule has 7 heteroatoms. The molecule has 126 valence electrons. The molecular weight excluding hydrogens is 320 g/mol. The molecular formula is C17H15F2NO4. The number of hydrogen-bond donors (Lipinski definition) is 1. The first-order valence-corrected chi connectivity index (χ1v) is 7.08.